The summed E-state index contributed by atoms with van der Waals surface area (Å²) in [7, 11) is 1.34. The Bertz CT molecular complexity index is 1160. The van der Waals surface area contributed by atoms with Crippen molar-refractivity contribution in [1.29, 1.82) is 0 Å². The van der Waals surface area contributed by atoms with E-state index in [4.69, 9.17) is 18.8 Å². The number of benzene rings is 1. The summed E-state index contributed by atoms with van der Waals surface area (Å²) in [5.74, 6) is -1.75. The zero-order valence-corrected chi connectivity index (χ0v) is 20.9. The fourth-order valence-electron chi connectivity index (χ4n) is 4.80. The van der Waals surface area contributed by atoms with Gasteiger partial charge in [-0.25, -0.2) is 14.2 Å². The fourth-order valence-corrected chi connectivity index (χ4v) is 4.80. The van der Waals surface area contributed by atoms with E-state index in [9.17, 15) is 9.59 Å². The molecule has 0 spiro atoms. The molecule has 0 radical (unpaired) electrons. The SMILES string of the molecule is COC(=O)C1=C(C)N(CCN2CCOCC2)C(C)=C(C(=O)OC(C)C)C1c1cccc2nonc12. The van der Waals surface area contributed by atoms with Gasteiger partial charge in [-0.15, -0.1) is 0 Å². The number of aromatic nitrogens is 2. The van der Waals surface area contributed by atoms with Crippen LogP contribution >= 0.6 is 0 Å². The molecule has 0 N–H and O–H groups in total. The minimum Gasteiger partial charge on any atom is -0.466 e. The van der Waals surface area contributed by atoms with Gasteiger partial charge in [-0.2, -0.15) is 0 Å². The van der Waals surface area contributed by atoms with Gasteiger partial charge >= 0.3 is 11.9 Å². The van der Waals surface area contributed by atoms with Crippen LogP contribution in [-0.2, 0) is 23.8 Å². The molecule has 1 aromatic heterocycles. The zero-order chi connectivity index (χ0) is 25.1. The average molecular weight is 485 g/mol. The molecule has 1 atom stereocenters. The van der Waals surface area contributed by atoms with Crippen molar-refractivity contribution in [2.45, 2.75) is 39.7 Å². The van der Waals surface area contributed by atoms with Gasteiger partial charge in [0.1, 0.15) is 11.0 Å². The highest BCUT2D eigenvalue weighted by molar-refractivity contribution is 6.01. The molecule has 35 heavy (non-hydrogen) atoms. The molecular formula is C25H32N4O6. The monoisotopic (exact) mass is 484 g/mol. The van der Waals surface area contributed by atoms with Crippen LogP contribution in [0.3, 0.4) is 0 Å². The Balaban J connectivity index is 1.85. The molecule has 2 aromatic rings. The number of esters is 2. The number of hydrogen-bond donors (Lipinski definition) is 0. The highest BCUT2D eigenvalue weighted by Crippen LogP contribution is 2.44. The summed E-state index contributed by atoms with van der Waals surface area (Å²) in [6, 6.07) is 5.40. The van der Waals surface area contributed by atoms with E-state index in [0.717, 1.165) is 31.0 Å². The Morgan fingerprint density at radius 3 is 2.40 bits per heavy atom. The standard InChI is InChI=1S/C25H32N4O6/c1-15(2)34-25(31)21-17(4)29(10-9-28-11-13-33-14-12-28)16(3)20(24(30)32-5)22(21)18-7-6-8-19-23(18)27-35-26-19/h6-8,15,22H,9-14H2,1-5H3. The first-order valence-electron chi connectivity index (χ1n) is 11.8. The molecule has 3 heterocycles. The molecular weight excluding hydrogens is 452 g/mol. The van der Waals surface area contributed by atoms with Gasteiger partial charge in [0.25, 0.3) is 0 Å². The van der Waals surface area contributed by atoms with Gasteiger partial charge in [0.15, 0.2) is 0 Å². The van der Waals surface area contributed by atoms with E-state index in [1.807, 2.05) is 24.8 Å². The second-order valence-corrected chi connectivity index (χ2v) is 8.96. The van der Waals surface area contributed by atoms with Gasteiger partial charge in [0.05, 0.1) is 43.5 Å². The number of carbonyl (C=O) groups excluding carboxylic acids is 2. The molecule has 1 aromatic carbocycles. The first kappa shape index (κ1) is 24.9. The predicted octanol–water partition coefficient (Wildman–Crippen LogP) is 2.63. The van der Waals surface area contributed by atoms with Crippen molar-refractivity contribution >= 4 is 23.0 Å². The Morgan fingerprint density at radius 1 is 1.06 bits per heavy atom. The molecule has 0 saturated carbocycles. The van der Waals surface area contributed by atoms with Crippen LogP contribution in [0, 0.1) is 0 Å². The van der Waals surface area contributed by atoms with Gasteiger partial charge in [-0.05, 0) is 49.6 Å². The maximum Gasteiger partial charge on any atom is 0.337 e. The van der Waals surface area contributed by atoms with Crippen LogP contribution in [0.15, 0.2) is 45.4 Å². The van der Waals surface area contributed by atoms with Crippen molar-refractivity contribution in [2.75, 3.05) is 46.5 Å². The van der Waals surface area contributed by atoms with E-state index in [0.29, 0.717) is 47.5 Å². The lowest BCUT2D eigenvalue weighted by Crippen LogP contribution is -2.43. The van der Waals surface area contributed by atoms with Crippen molar-refractivity contribution in [2.24, 2.45) is 0 Å². The summed E-state index contributed by atoms with van der Waals surface area (Å²) in [4.78, 5) is 31.1. The van der Waals surface area contributed by atoms with Gasteiger partial charge in [0, 0.05) is 37.6 Å². The molecule has 1 fully saturated rings. The number of carbonyl (C=O) groups is 2. The van der Waals surface area contributed by atoms with E-state index in [1.54, 1.807) is 26.0 Å². The second-order valence-electron chi connectivity index (χ2n) is 8.96. The van der Waals surface area contributed by atoms with Crippen molar-refractivity contribution in [3.05, 3.63) is 46.3 Å². The summed E-state index contributed by atoms with van der Waals surface area (Å²) < 4.78 is 21.3. The van der Waals surface area contributed by atoms with E-state index >= 15 is 0 Å². The molecule has 1 saturated heterocycles. The summed E-state index contributed by atoms with van der Waals surface area (Å²) in [5, 5.41) is 8.01. The molecule has 0 aliphatic carbocycles. The number of methoxy groups -OCH3 is 1. The average Bonchev–Trinajstić information content (AvgIpc) is 3.32. The van der Waals surface area contributed by atoms with Crippen molar-refractivity contribution in [3.63, 3.8) is 0 Å². The Labute approximate surface area is 204 Å². The fraction of sp³-hybridized carbons (Fsp3) is 0.520. The van der Waals surface area contributed by atoms with Crippen molar-refractivity contribution in [1.82, 2.24) is 20.1 Å². The van der Waals surface area contributed by atoms with E-state index < -0.39 is 17.9 Å². The second kappa shape index (κ2) is 10.6. The molecule has 10 heteroatoms. The third-order valence-corrected chi connectivity index (χ3v) is 6.51. The minimum absolute atomic E-state index is 0.330. The molecule has 188 valence electrons. The van der Waals surface area contributed by atoms with Crippen LogP contribution in [0.1, 0.15) is 39.2 Å². The molecule has 2 aliphatic rings. The van der Waals surface area contributed by atoms with E-state index in [1.165, 1.54) is 7.11 Å². The third-order valence-electron chi connectivity index (χ3n) is 6.51. The van der Waals surface area contributed by atoms with Gasteiger partial charge in [-0.1, -0.05) is 12.1 Å². The smallest absolute Gasteiger partial charge is 0.337 e. The quantitative estimate of drug-likeness (QED) is 0.544. The van der Waals surface area contributed by atoms with Crippen LogP contribution in [0.25, 0.3) is 11.0 Å². The topological polar surface area (TPSA) is 107 Å². The van der Waals surface area contributed by atoms with Crippen LogP contribution in [-0.4, -0.2) is 84.7 Å². The zero-order valence-electron chi connectivity index (χ0n) is 20.9. The van der Waals surface area contributed by atoms with E-state index in [-0.39, 0.29) is 6.10 Å². The number of rotatable bonds is 7. The number of nitrogens with zero attached hydrogens (tertiary/aromatic N) is 4. The van der Waals surface area contributed by atoms with E-state index in [2.05, 4.69) is 15.2 Å². The van der Waals surface area contributed by atoms with Crippen LogP contribution < -0.4 is 0 Å². The normalized spacial score (nSPS) is 19.6. The van der Waals surface area contributed by atoms with Gasteiger partial charge in [-0.3, -0.25) is 4.90 Å². The molecule has 10 nitrogen and oxygen atoms in total. The Hall–Kier alpha value is -3.24. The number of ether oxygens (including phenoxy) is 3. The van der Waals surface area contributed by atoms with Crippen molar-refractivity contribution < 1.29 is 28.4 Å². The lowest BCUT2D eigenvalue weighted by atomic mass is 9.79. The summed E-state index contributed by atoms with van der Waals surface area (Å²) >= 11 is 0. The molecule has 0 bridgehead atoms. The molecule has 1 unspecified atom stereocenters. The largest absolute Gasteiger partial charge is 0.466 e. The maximum atomic E-state index is 13.5. The molecule has 0 amide bonds. The van der Waals surface area contributed by atoms with Gasteiger partial charge < -0.3 is 19.1 Å². The lowest BCUT2D eigenvalue weighted by Gasteiger charge is -2.39. The summed E-state index contributed by atoms with van der Waals surface area (Å²) in [5.41, 5.74) is 3.85. The maximum absolute atomic E-state index is 13.5. The number of hydrogen-bond acceptors (Lipinski definition) is 10. The first-order valence-corrected chi connectivity index (χ1v) is 11.8. The minimum atomic E-state index is -0.746. The number of fused-ring (bicyclic) bond motifs is 1. The van der Waals surface area contributed by atoms with Crippen LogP contribution in [0.5, 0.6) is 0 Å². The summed E-state index contributed by atoms with van der Waals surface area (Å²) in [6.07, 6.45) is -0.330. The third kappa shape index (κ3) is 4.94. The molecule has 4 rings (SSSR count). The highest BCUT2D eigenvalue weighted by Gasteiger charge is 2.41. The van der Waals surface area contributed by atoms with Crippen LogP contribution in [0.2, 0.25) is 0 Å². The van der Waals surface area contributed by atoms with Crippen LogP contribution in [0.4, 0.5) is 0 Å². The van der Waals surface area contributed by atoms with Gasteiger partial charge in [0.2, 0.25) is 0 Å². The number of allylic oxidation sites excluding steroid dienone is 2. The number of morpholine rings is 1. The predicted molar refractivity (Wildman–Crippen MR) is 127 cm³/mol. The molecule has 2 aliphatic heterocycles. The summed E-state index contributed by atoms with van der Waals surface area (Å²) in [6.45, 7) is 11.8. The van der Waals surface area contributed by atoms with Crippen molar-refractivity contribution in [3.8, 4) is 0 Å². The highest BCUT2D eigenvalue weighted by atomic mass is 16.6. The lowest BCUT2D eigenvalue weighted by molar-refractivity contribution is -0.143. The first-order chi connectivity index (χ1) is 16.8. The Kier molecular flexibility index (Phi) is 7.51. The Morgan fingerprint density at radius 2 is 1.74 bits per heavy atom.